The van der Waals surface area contributed by atoms with Gasteiger partial charge in [-0.25, -0.2) is 0 Å². The van der Waals surface area contributed by atoms with Crippen LogP contribution in [0.5, 0.6) is 5.75 Å². The summed E-state index contributed by atoms with van der Waals surface area (Å²) in [7, 11) is 1.42. The standard InChI is InChI=1S/C14H11Cl3N2O4/c1-22-11-7-8(18-13(21)14(15,16)17)4-5-9(11)19-12(20)10-3-2-6-23-10/h2-7H,1H3,(H,18,21)(H,19,20). The number of ether oxygens (including phenoxy) is 1. The van der Waals surface area contributed by atoms with E-state index in [4.69, 9.17) is 44.0 Å². The maximum Gasteiger partial charge on any atom is 0.291 e. The summed E-state index contributed by atoms with van der Waals surface area (Å²) >= 11 is 16.5. The lowest BCUT2D eigenvalue weighted by molar-refractivity contribution is -0.115. The summed E-state index contributed by atoms with van der Waals surface area (Å²) in [5.41, 5.74) is 0.731. The number of anilines is 2. The maximum absolute atomic E-state index is 12.0. The molecule has 0 unspecified atom stereocenters. The van der Waals surface area contributed by atoms with Crippen LogP contribution in [0.25, 0.3) is 0 Å². The summed E-state index contributed by atoms with van der Waals surface area (Å²) in [5, 5.41) is 5.04. The first-order chi connectivity index (χ1) is 10.8. The fourth-order valence-corrected chi connectivity index (χ4v) is 1.81. The van der Waals surface area contributed by atoms with E-state index >= 15 is 0 Å². The van der Waals surface area contributed by atoms with Crippen molar-refractivity contribution in [2.24, 2.45) is 0 Å². The Labute approximate surface area is 146 Å². The number of hydrogen-bond acceptors (Lipinski definition) is 4. The van der Waals surface area contributed by atoms with Crippen molar-refractivity contribution in [3.8, 4) is 5.75 Å². The minimum atomic E-state index is -2.08. The van der Waals surface area contributed by atoms with Crippen LogP contribution < -0.4 is 15.4 Å². The molecule has 2 aromatic rings. The molecule has 0 saturated carbocycles. The van der Waals surface area contributed by atoms with Gasteiger partial charge in [-0.15, -0.1) is 0 Å². The summed E-state index contributed by atoms with van der Waals surface area (Å²) in [6, 6.07) is 7.66. The zero-order chi connectivity index (χ0) is 17.0. The minimum Gasteiger partial charge on any atom is -0.494 e. The van der Waals surface area contributed by atoms with E-state index in [1.54, 1.807) is 6.07 Å². The maximum atomic E-state index is 12.0. The van der Waals surface area contributed by atoms with Crippen LogP contribution in [0.4, 0.5) is 11.4 Å². The highest BCUT2D eigenvalue weighted by molar-refractivity contribution is 6.76. The second kappa shape index (κ2) is 7.12. The van der Waals surface area contributed by atoms with Gasteiger partial charge < -0.3 is 19.8 Å². The number of carbonyl (C=O) groups excluding carboxylic acids is 2. The van der Waals surface area contributed by atoms with Gasteiger partial charge in [-0.05, 0) is 24.3 Å². The molecule has 2 N–H and O–H groups in total. The van der Waals surface area contributed by atoms with Gasteiger partial charge in [0.25, 0.3) is 15.6 Å². The van der Waals surface area contributed by atoms with E-state index in [0.29, 0.717) is 17.1 Å². The van der Waals surface area contributed by atoms with Gasteiger partial charge in [-0.2, -0.15) is 0 Å². The lowest BCUT2D eigenvalue weighted by Crippen LogP contribution is -2.26. The summed E-state index contributed by atoms with van der Waals surface area (Å²) in [4.78, 5) is 23.6. The third-order valence-electron chi connectivity index (χ3n) is 2.71. The molecule has 1 aromatic carbocycles. The molecule has 0 radical (unpaired) electrons. The lowest BCUT2D eigenvalue weighted by Gasteiger charge is -2.14. The van der Waals surface area contributed by atoms with Crippen molar-refractivity contribution in [2.45, 2.75) is 3.79 Å². The molecular formula is C14H11Cl3N2O4. The Morgan fingerprint density at radius 2 is 1.91 bits per heavy atom. The van der Waals surface area contributed by atoms with E-state index in [1.807, 2.05) is 0 Å². The van der Waals surface area contributed by atoms with Crippen molar-refractivity contribution in [1.29, 1.82) is 0 Å². The van der Waals surface area contributed by atoms with Gasteiger partial charge in [0.2, 0.25) is 0 Å². The van der Waals surface area contributed by atoms with Gasteiger partial charge in [0.05, 0.1) is 19.1 Å². The first-order valence-electron chi connectivity index (χ1n) is 6.22. The predicted molar refractivity (Wildman–Crippen MR) is 88.6 cm³/mol. The Hall–Kier alpha value is -1.89. The van der Waals surface area contributed by atoms with Crippen molar-refractivity contribution < 1.29 is 18.7 Å². The Morgan fingerprint density at radius 3 is 2.48 bits per heavy atom. The number of alkyl halides is 3. The largest absolute Gasteiger partial charge is 0.494 e. The Bertz CT molecular complexity index is 711. The molecule has 2 rings (SSSR count). The smallest absolute Gasteiger partial charge is 0.291 e. The zero-order valence-electron chi connectivity index (χ0n) is 11.7. The molecule has 0 fully saturated rings. The van der Waals surface area contributed by atoms with Gasteiger partial charge in [0.1, 0.15) is 5.75 Å². The Kier molecular flexibility index (Phi) is 5.41. The number of rotatable bonds is 4. The van der Waals surface area contributed by atoms with Crippen LogP contribution in [0.15, 0.2) is 41.0 Å². The first-order valence-corrected chi connectivity index (χ1v) is 7.35. The van der Waals surface area contributed by atoms with E-state index in [1.165, 1.54) is 37.6 Å². The molecule has 0 spiro atoms. The van der Waals surface area contributed by atoms with Crippen LogP contribution in [-0.4, -0.2) is 22.7 Å². The summed E-state index contributed by atoms with van der Waals surface area (Å²) in [6.45, 7) is 0. The molecule has 0 bridgehead atoms. The van der Waals surface area contributed by atoms with Gasteiger partial charge in [-0.3, -0.25) is 9.59 Å². The van der Waals surface area contributed by atoms with E-state index in [-0.39, 0.29) is 5.76 Å². The van der Waals surface area contributed by atoms with Gasteiger partial charge in [-0.1, -0.05) is 34.8 Å². The monoisotopic (exact) mass is 376 g/mol. The predicted octanol–water partition coefficient (Wildman–Crippen LogP) is 3.85. The number of nitrogens with one attached hydrogen (secondary N) is 2. The number of amides is 2. The van der Waals surface area contributed by atoms with Gasteiger partial charge >= 0.3 is 0 Å². The number of carbonyl (C=O) groups is 2. The second-order valence-electron chi connectivity index (χ2n) is 4.30. The van der Waals surface area contributed by atoms with Crippen LogP contribution in [0.2, 0.25) is 0 Å². The molecule has 2 amide bonds. The van der Waals surface area contributed by atoms with Crippen molar-refractivity contribution in [2.75, 3.05) is 17.7 Å². The average Bonchev–Trinajstić information content (AvgIpc) is 3.02. The first kappa shape index (κ1) is 17.5. The van der Waals surface area contributed by atoms with E-state index in [0.717, 1.165) is 0 Å². The fraction of sp³-hybridized carbons (Fsp3) is 0.143. The third kappa shape index (κ3) is 4.54. The number of methoxy groups -OCH3 is 1. The molecule has 9 heteroatoms. The molecule has 0 aliphatic carbocycles. The van der Waals surface area contributed by atoms with Crippen molar-refractivity contribution in [1.82, 2.24) is 0 Å². The molecule has 0 saturated heterocycles. The van der Waals surface area contributed by atoms with Crippen LogP contribution in [0.1, 0.15) is 10.6 Å². The fourth-order valence-electron chi connectivity index (χ4n) is 1.67. The average molecular weight is 378 g/mol. The number of halogens is 3. The molecular weight excluding hydrogens is 367 g/mol. The highest BCUT2D eigenvalue weighted by Gasteiger charge is 2.30. The molecule has 0 aliphatic rings. The third-order valence-corrected chi connectivity index (χ3v) is 3.22. The number of hydrogen-bond donors (Lipinski definition) is 2. The highest BCUT2D eigenvalue weighted by Crippen LogP contribution is 2.31. The molecule has 0 atom stereocenters. The van der Waals surface area contributed by atoms with E-state index in [2.05, 4.69) is 10.6 Å². The molecule has 1 aromatic heterocycles. The topological polar surface area (TPSA) is 80.6 Å². The van der Waals surface area contributed by atoms with E-state index < -0.39 is 15.6 Å². The van der Waals surface area contributed by atoms with Crippen LogP contribution in [-0.2, 0) is 4.79 Å². The normalized spacial score (nSPS) is 11.0. The van der Waals surface area contributed by atoms with Crippen molar-refractivity contribution in [3.63, 3.8) is 0 Å². The molecule has 6 nitrogen and oxygen atoms in total. The summed E-state index contributed by atoms with van der Waals surface area (Å²) < 4.78 is 8.09. The zero-order valence-corrected chi connectivity index (χ0v) is 14.0. The second-order valence-corrected chi connectivity index (χ2v) is 6.58. The SMILES string of the molecule is COc1cc(NC(=O)C(Cl)(Cl)Cl)ccc1NC(=O)c1ccco1. The van der Waals surface area contributed by atoms with Crippen LogP contribution in [0, 0.1) is 0 Å². The molecule has 1 heterocycles. The van der Waals surface area contributed by atoms with Crippen molar-refractivity contribution in [3.05, 3.63) is 42.4 Å². The van der Waals surface area contributed by atoms with Gasteiger partial charge in [0, 0.05) is 11.8 Å². The number of benzene rings is 1. The summed E-state index contributed by atoms with van der Waals surface area (Å²) in [5.74, 6) is -0.782. The minimum absolute atomic E-state index is 0.153. The van der Waals surface area contributed by atoms with Crippen molar-refractivity contribution >= 4 is 58.0 Å². The van der Waals surface area contributed by atoms with Crippen LogP contribution in [0.3, 0.4) is 0 Å². The molecule has 122 valence electrons. The number of furan rings is 1. The summed E-state index contributed by atoms with van der Waals surface area (Å²) in [6.07, 6.45) is 1.39. The molecule has 23 heavy (non-hydrogen) atoms. The molecule has 0 aliphatic heterocycles. The Morgan fingerprint density at radius 1 is 1.17 bits per heavy atom. The Balaban J connectivity index is 2.16. The van der Waals surface area contributed by atoms with Gasteiger partial charge in [0.15, 0.2) is 5.76 Å². The quantitative estimate of drug-likeness (QED) is 0.793. The highest BCUT2D eigenvalue weighted by atomic mass is 35.6. The van der Waals surface area contributed by atoms with Crippen LogP contribution >= 0.6 is 34.8 Å². The van der Waals surface area contributed by atoms with E-state index in [9.17, 15) is 9.59 Å². The lowest BCUT2D eigenvalue weighted by atomic mass is 10.2.